The van der Waals surface area contributed by atoms with Crippen LogP contribution in [0.5, 0.6) is 0 Å². The van der Waals surface area contributed by atoms with Gasteiger partial charge in [0.15, 0.2) is 0 Å². The Balaban J connectivity index is 1.46. The van der Waals surface area contributed by atoms with Gasteiger partial charge in [0.2, 0.25) is 0 Å². The molecular weight excluding hydrogens is 402 g/mol. The van der Waals surface area contributed by atoms with E-state index in [2.05, 4.69) is 47.2 Å². The molecule has 4 heterocycles. The van der Waals surface area contributed by atoms with E-state index in [9.17, 15) is 0 Å². The summed E-state index contributed by atoms with van der Waals surface area (Å²) in [6, 6.07) is 18.0. The van der Waals surface area contributed by atoms with Crippen molar-refractivity contribution in [2.45, 2.75) is 26.2 Å². The lowest BCUT2D eigenvalue weighted by Crippen LogP contribution is -2.35. The van der Waals surface area contributed by atoms with Crippen molar-refractivity contribution < 1.29 is 0 Å². The van der Waals surface area contributed by atoms with Crippen LogP contribution in [0.1, 0.15) is 22.8 Å². The van der Waals surface area contributed by atoms with Gasteiger partial charge < -0.3 is 5.84 Å². The van der Waals surface area contributed by atoms with E-state index in [1.165, 1.54) is 4.79 Å². The maximum atomic E-state index is 5.69. The Morgan fingerprint density at radius 3 is 1.41 bits per heavy atom. The van der Waals surface area contributed by atoms with Crippen LogP contribution in [0.15, 0.2) is 79.4 Å². The molecule has 0 fully saturated rings. The monoisotopic (exact) mass is 429 g/mol. The van der Waals surface area contributed by atoms with Gasteiger partial charge in [-0.3, -0.25) is 24.8 Å². The molecule has 4 aromatic rings. The second-order valence-electron chi connectivity index (χ2n) is 7.57. The van der Waals surface area contributed by atoms with Gasteiger partial charge in [0.25, 0.3) is 0 Å². The summed E-state index contributed by atoms with van der Waals surface area (Å²) in [5, 5.41) is 8.01. The molecule has 0 radical (unpaired) electrons. The number of nitrogens with zero attached hydrogens (tertiary/aromatic N) is 8. The summed E-state index contributed by atoms with van der Waals surface area (Å²) in [6.45, 7) is 4.47. The number of nitrogen functional groups attached to an aromatic ring is 1. The first-order valence-corrected chi connectivity index (χ1v) is 10.6. The summed E-state index contributed by atoms with van der Waals surface area (Å²) in [7, 11) is 0. The van der Waals surface area contributed by atoms with Crippen molar-refractivity contribution in [3.05, 3.63) is 102 Å². The Labute approximate surface area is 187 Å². The summed E-state index contributed by atoms with van der Waals surface area (Å²) >= 11 is 0. The van der Waals surface area contributed by atoms with Crippen LogP contribution in [-0.4, -0.2) is 52.9 Å². The fraction of sp³-hybridized carbons (Fsp3) is 0.261. The van der Waals surface area contributed by atoms with E-state index in [-0.39, 0.29) is 0 Å². The lowest BCUT2D eigenvalue weighted by atomic mass is 10.2. The quantitative estimate of drug-likeness (QED) is 0.361. The first-order chi connectivity index (χ1) is 15.7. The minimum atomic E-state index is 0.634. The van der Waals surface area contributed by atoms with Crippen molar-refractivity contribution >= 4 is 0 Å². The standard InChI is InChI=1S/C23H27N9/c24-32-19-23(28-29-32)18-31(17-22-9-3-6-12-27-22)14-13-30(15-20-7-1-4-10-25-20)16-21-8-2-5-11-26-21/h1-12,19H,13-18,24H2. The number of nitrogens with two attached hydrogens (primary N) is 1. The Morgan fingerprint density at radius 2 is 1.06 bits per heavy atom. The zero-order chi connectivity index (χ0) is 22.0. The van der Waals surface area contributed by atoms with E-state index in [0.29, 0.717) is 13.1 Å². The second kappa shape index (κ2) is 11.1. The summed E-state index contributed by atoms with van der Waals surface area (Å²) in [5.74, 6) is 5.69. The van der Waals surface area contributed by atoms with Crippen LogP contribution in [0.2, 0.25) is 0 Å². The molecule has 0 aliphatic carbocycles. The van der Waals surface area contributed by atoms with Crippen molar-refractivity contribution in [3.8, 4) is 0 Å². The minimum absolute atomic E-state index is 0.634. The van der Waals surface area contributed by atoms with Crippen LogP contribution in [0.25, 0.3) is 0 Å². The number of aromatic nitrogens is 6. The fourth-order valence-electron chi connectivity index (χ4n) is 3.49. The molecule has 32 heavy (non-hydrogen) atoms. The highest BCUT2D eigenvalue weighted by Gasteiger charge is 2.14. The Hall–Kier alpha value is -3.69. The molecule has 9 nitrogen and oxygen atoms in total. The SMILES string of the molecule is Nn1cc(CN(CCN(Cc2ccccn2)Cc2ccccn2)Cc2ccccn2)nn1. The second-order valence-corrected chi connectivity index (χ2v) is 7.57. The highest BCUT2D eigenvalue weighted by atomic mass is 15.6. The number of pyridine rings is 3. The summed E-state index contributed by atoms with van der Waals surface area (Å²) in [5.41, 5.74) is 3.90. The van der Waals surface area contributed by atoms with E-state index in [4.69, 9.17) is 5.84 Å². The summed E-state index contributed by atoms with van der Waals surface area (Å²) in [4.78, 5) is 19.4. The average molecular weight is 430 g/mol. The van der Waals surface area contributed by atoms with Gasteiger partial charge in [-0.15, -0.1) is 5.10 Å². The summed E-state index contributed by atoms with van der Waals surface area (Å²) in [6.07, 6.45) is 7.22. The largest absolute Gasteiger partial charge is 0.322 e. The Bertz CT molecular complexity index is 1010. The molecule has 0 saturated heterocycles. The third-order valence-corrected chi connectivity index (χ3v) is 5.01. The van der Waals surface area contributed by atoms with Crippen LogP contribution >= 0.6 is 0 Å². The molecule has 164 valence electrons. The zero-order valence-corrected chi connectivity index (χ0v) is 17.9. The first-order valence-electron chi connectivity index (χ1n) is 10.6. The van der Waals surface area contributed by atoms with E-state index in [0.717, 1.165) is 49.0 Å². The van der Waals surface area contributed by atoms with Crippen molar-refractivity contribution in [2.24, 2.45) is 0 Å². The van der Waals surface area contributed by atoms with E-state index in [1.807, 2.05) is 61.1 Å². The van der Waals surface area contributed by atoms with Crippen molar-refractivity contribution in [2.75, 3.05) is 18.9 Å². The van der Waals surface area contributed by atoms with Gasteiger partial charge in [0, 0.05) is 57.9 Å². The van der Waals surface area contributed by atoms with Gasteiger partial charge >= 0.3 is 0 Å². The normalized spacial score (nSPS) is 11.3. The lowest BCUT2D eigenvalue weighted by molar-refractivity contribution is 0.178. The van der Waals surface area contributed by atoms with Gasteiger partial charge in [-0.1, -0.05) is 18.2 Å². The molecule has 0 aliphatic heterocycles. The van der Waals surface area contributed by atoms with Gasteiger partial charge in [-0.2, -0.15) is 4.79 Å². The average Bonchev–Trinajstić information content (AvgIpc) is 3.24. The van der Waals surface area contributed by atoms with E-state index in [1.54, 1.807) is 6.20 Å². The van der Waals surface area contributed by atoms with Gasteiger partial charge in [-0.25, -0.2) is 0 Å². The molecule has 4 aromatic heterocycles. The van der Waals surface area contributed by atoms with Crippen LogP contribution < -0.4 is 5.84 Å². The molecule has 0 amide bonds. The van der Waals surface area contributed by atoms with Crippen molar-refractivity contribution in [1.82, 2.24) is 39.9 Å². The van der Waals surface area contributed by atoms with Gasteiger partial charge in [0.1, 0.15) is 0 Å². The molecule has 2 N–H and O–H groups in total. The third kappa shape index (κ3) is 6.66. The lowest BCUT2D eigenvalue weighted by Gasteiger charge is -2.27. The van der Waals surface area contributed by atoms with E-state index < -0.39 is 0 Å². The molecule has 0 aliphatic rings. The first kappa shape index (κ1) is 21.5. The Kier molecular flexibility index (Phi) is 7.46. The third-order valence-electron chi connectivity index (χ3n) is 5.01. The molecule has 0 bridgehead atoms. The molecule has 0 unspecified atom stereocenters. The highest BCUT2D eigenvalue weighted by Crippen LogP contribution is 2.10. The molecular formula is C23H27N9. The minimum Gasteiger partial charge on any atom is -0.322 e. The van der Waals surface area contributed by atoms with Crippen LogP contribution in [0.4, 0.5) is 0 Å². The molecule has 0 atom stereocenters. The number of rotatable bonds is 11. The predicted molar refractivity (Wildman–Crippen MR) is 121 cm³/mol. The topological polar surface area (TPSA) is 102 Å². The zero-order valence-electron chi connectivity index (χ0n) is 17.9. The molecule has 0 saturated carbocycles. The van der Waals surface area contributed by atoms with Crippen LogP contribution in [0, 0.1) is 0 Å². The molecule has 9 heteroatoms. The number of hydrogen-bond acceptors (Lipinski definition) is 8. The Morgan fingerprint density at radius 1 is 0.625 bits per heavy atom. The maximum absolute atomic E-state index is 5.69. The van der Waals surface area contributed by atoms with Crippen molar-refractivity contribution in [1.29, 1.82) is 0 Å². The maximum Gasteiger partial charge on any atom is 0.0989 e. The fourth-order valence-corrected chi connectivity index (χ4v) is 3.49. The molecule has 0 spiro atoms. The van der Waals surface area contributed by atoms with Crippen LogP contribution in [0.3, 0.4) is 0 Å². The summed E-state index contributed by atoms with van der Waals surface area (Å²) < 4.78 is 0. The predicted octanol–water partition coefficient (Wildman–Crippen LogP) is 1.88. The van der Waals surface area contributed by atoms with Crippen molar-refractivity contribution in [3.63, 3.8) is 0 Å². The molecule has 4 rings (SSSR count). The van der Waals surface area contributed by atoms with E-state index >= 15 is 0 Å². The smallest absolute Gasteiger partial charge is 0.0989 e. The van der Waals surface area contributed by atoms with Crippen LogP contribution in [-0.2, 0) is 26.2 Å². The number of hydrogen-bond donors (Lipinski definition) is 1. The van der Waals surface area contributed by atoms with Gasteiger partial charge in [0.05, 0.1) is 29.0 Å². The molecule has 0 aromatic carbocycles. The van der Waals surface area contributed by atoms with Gasteiger partial charge in [-0.05, 0) is 41.6 Å². The highest BCUT2D eigenvalue weighted by molar-refractivity contribution is 5.07.